The fourth-order valence-electron chi connectivity index (χ4n) is 2.79. The van der Waals surface area contributed by atoms with Crippen molar-refractivity contribution < 1.29 is 18.7 Å². The summed E-state index contributed by atoms with van der Waals surface area (Å²) in [6.45, 7) is 10.4. The predicted molar refractivity (Wildman–Crippen MR) is 102 cm³/mol. The van der Waals surface area contributed by atoms with Crippen LogP contribution >= 0.6 is 0 Å². The molecule has 7 heteroatoms. The number of hydrogen-bond donors (Lipinski definition) is 3. The molecule has 6 nitrogen and oxygen atoms in total. The van der Waals surface area contributed by atoms with Crippen LogP contribution in [0.3, 0.4) is 0 Å². The lowest BCUT2D eigenvalue weighted by molar-refractivity contribution is 0.0668. The van der Waals surface area contributed by atoms with Gasteiger partial charge in [-0.2, -0.15) is 0 Å². The van der Waals surface area contributed by atoms with E-state index in [4.69, 9.17) is 20.3 Å². The molecule has 136 valence electrons. The molecule has 0 bridgehead atoms. The molecule has 5 N–H and O–H groups in total. The lowest BCUT2D eigenvalue weighted by atomic mass is 9.85. The van der Waals surface area contributed by atoms with Gasteiger partial charge in [0.2, 0.25) is 0 Å². The summed E-state index contributed by atoms with van der Waals surface area (Å²) in [5.74, 6) is -0.499. The molecule has 0 amide bonds. The van der Waals surface area contributed by atoms with Crippen LogP contribution in [0.1, 0.15) is 43.0 Å². The van der Waals surface area contributed by atoms with Crippen LogP contribution < -0.4 is 11.5 Å². The minimum Gasteiger partial charge on any atom is -0.478 e. The third-order valence-corrected chi connectivity index (χ3v) is 4.73. The van der Waals surface area contributed by atoms with Crippen molar-refractivity contribution in [2.24, 2.45) is 5.41 Å². The molecule has 0 aliphatic rings. The van der Waals surface area contributed by atoms with Crippen LogP contribution in [0, 0.1) is 5.41 Å². The minimum absolute atomic E-state index is 0.0869. The van der Waals surface area contributed by atoms with E-state index in [1.807, 2.05) is 0 Å². The molecule has 0 saturated heterocycles. The van der Waals surface area contributed by atoms with Gasteiger partial charge < -0.3 is 25.4 Å². The van der Waals surface area contributed by atoms with E-state index in [1.165, 1.54) is 0 Å². The maximum absolute atomic E-state index is 11.5. The molecule has 0 fully saturated rings. The van der Waals surface area contributed by atoms with E-state index >= 15 is 0 Å². The Morgan fingerprint density at radius 3 is 2.36 bits per heavy atom. The Balaban J connectivity index is 2.63. The van der Waals surface area contributed by atoms with E-state index in [2.05, 4.69) is 33.9 Å². The van der Waals surface area contributed by atoms with Crippen molar-refractivity contribution in [2.75, 3.05) is 11.5 Å². The van der Waals surface area contributed by atoms with Gasteiger partial charge >= 0.3 is 5.97 Å². The summed E-state index contributed by atoms with van der Waals surface area (Å²) in [4.78, 5) is 11.5. The normalized spacial score (nSPS) is 13.2. The number of furan rings is 1. The highest BCUT2D eigenvalue weighted by molar-refractivity contribution is 6.48. The number of rotatable bonds is 5. The number of nitrogen functional groups attached to an aromatic ring is 2. The largest absolute Gasteiger partial charge is 0.478 e. The van der Waals surface area contributed by atoms with Crippen molar-refractivity contribution in [2.45, 2.75) is 40.0 Å². The van der Waals surface area contributed by atoms with Crippen molar-refractivity contribution in [1.82, 2.24) is 0 Å². The van der Waals surface area contributed by atoms with Crippen LogP contribution in [0.5, 0.6) is 0 Å². The molecule has 25 heavy (non-hydrogen) atoms. The zero-order valence-electron chi connectivity index (χ0n) is 15.3. The molecule has 2 aromatic rings. The molecule has 0 radical (unpaired) electrons. The standard InChI is InChI=1S/C18H26N2O4Si/c1-18(2,3)16(24-25(4)5)15-11(8-9-23-15)10-6-7-12(19)13(14(10)20)17(21)22/h6-9,16,25H,19-20H2,1-5H3,(H,21,22). The Bertz CT molecular complexity index is 778. The van der Waals surface area contributed by atoms with Gasteiger partial charge in [-0.3, -0.25) is 0 Å². The van der Waals surface area contributed by atoms with Crippen LogP contribution in [0.4, 0.5) is 11.4 Å². The van der Waals surface area contributed by atoms with Crippen molar-refractivity contribution in [3.63, 3.8) is 0 Å². The Morgan fingerprint density at radius 2 is 1.84 bits per heavy atom. The molecule has 1 heterocycles. The molecule has 1 atom stereocenters. The van der Waals surface area contributed by atoms with Crippen LogP contribution in [0.25, 0.3) is 11.1 Å². The number of anilines is 2. The van der Waals surface area contributed by atoms with Gasteiger partial charge in [-0.25, -0.2) is 4.79 Å². The third-order valence-electron chi connectivity index (χ3n) is 3.91. The van der Waals surface area contributed by atoms with Crippen molar-refractivity contribution in [3.05, 3.63) is 35.8 Å². The molecule has 1 unspecified atom stereocenters. The Labute approximate surface area is 149 Å². The molecule has 0 saturated carbocycles. The van der Waals surface area contributed by atoms with Crippen LogP contribution in [0.2, 0.25) is 13.1 Å². The summed E-state index contributed by atoms with van der Waals surface area (Å²) in [5.41, 5.74) is 13.2. The average Bonchev–Trinajstić information content (AvgIpc) is 2.91. The van der Waals surface area contributed by atoms with E-state index in [0.717, 1.165) is 5.56 Å². The number of carboxylic acid groups (broad SMARTS) is 1. The van der Waals surface area contributed by atoms with E-state index in [9.17, 15) is 9.90 Å². The SMILES string of the molecule is C[SiH](C)OC(c1occc1-c1ccc(N)c(C(=O)O)c1N)C(C)(C)C. The van der Waals surface area contributed by atoms with Crippen molar-refractivity contribution in [1.29, 1.82) is 0 Å². The van der Waals surface area contributed by atoms with Crippen molar-refractivity contribution >= 4 is 26.4 Å². The fourth-order valence-corrected chi connectivity index (χ4v) is 3.86. The topological polar surface area (TPSA) is 112 Å². The first kappa shape index (κ1) is 19.1. The number of nitrogens with two attached hydrogens (primary N) is 2. The molecule has 0 spiro atoms. The first-order chi connectivity index (χ1) is 11.5. The second-order valence-electron chi connectivity index (χ2n) is 7.43. The summed E-state index contributed by atoms with van der Waals surface area (Å²) in [7, 11) is -1.34. The van der Waals surface area contributed by atoms with E-state index < -0.39 is 15.0 Å². The van der Waals surface area contributed by atoms with Gasteiger partial charge in [0, 0.05) is 16.8 Å². The smallest absolute Gasteiger partial charge is 0.339 e. The summed E-state index contributed by atoms with van der Waals surface area (Å²) >= 11 is 0. The monoisotopic (exact) mass is 362 g/mol. The van der Waals surface area contributed by atoms with Crippen LogP contribution in [-0.4, -0.2) is 20.1 Å². The van der Waals surface area contributed by atoms with Gasteiger partial charge in [0.1, 0.15) is 17.4 Å². The molecule has 0 aliphatic carbocycles. The summed E-state index contributed by atoms with van der Waals surface area (Å²) in [6.07, 6.45) is 1.32. The molecule has 2 rings (SSSR count). The zero-order valence-corrected chi connectivity index (χ0v) is 16.4. The number of carboxylic acids is 1. The highest BCUT2D eigenvalue weighted by Gasteiger charge is 2.33. The first-order valence-corrected chi connectivity index (χ1v) is 11.0. The van der Waals surface area contributed by atoms with Crippen LogP contribution in [-0.2, 0) is 4.43 Å². The lowest BCUT2D eigenvalue weighted by Gasteiger charge is -2.32. The Kier molecular flexibility index (Phi) is 5.29. The quantitative estimate of drug-likeness (QED) is 0.549. The van der Waals surface area contributed by atoms with E-state index in [0.29, 0.717) is 11.3 Å². The van der Waals surface area contributed by atoms with Gasteiger partial charge in [0.05, 0.1) is 12.0 Å². The number of carbonyl (C=O) groups is 1. The fraction of sp³-hybridized carbons (Fsp3) is 0.389. The minimum atomic E-state index is -1.34. The maximum Gasteiger partial charge on any atom is 0.339 e. The predicted octanol–water partition coefficient (Wildman–Crippen LogP) is 3.90. The molecule has 1 aromatic carbocycles. The van der Waals surface area contributed by atoms with Crippen LogP contribution in [0.15, 0.2) is 28.9 Å². The van der Waals surface area contributed by atoms with Gasteiger partial charge in [0.15, 0.2) is 9.04 Å². The van der Waals surface area contributed by atoms with Gasteiger partial charge in [-0.05, 0) is 30.6 Å². The Morgan fingerprint density at radius 1 is 1.20 bits per heavy atom. The second kappa shape index (κ2) is 6.93. The van der Waals surface area contributed by atoms with E-state index in [1.54, 1.807) is 24.5 Å². The molecular formula is C18H26N2O4Si. The first-order valence-electron chi connectivity index (χ1n) is 8.18. The molecule has 1 aromatic heterocycles. The zero-order chi connectivity index (χ0) is 18.9. The van der Waals surface area contributed by atoms with E-state index in [-0.39, 0.29) is 28.5 Å². The number of aromatic carboxylic acids is 1. The highest BCUT2D eigenvalue weighted by Crippen LogP contribution is 2.43. The maximum atomic E-state index is 11.5. The second-order valence-corrected chi connectivity index (χ2v) is 9.80. The van der Waals surface area contributed by atoms with Gasteiger partial charge in [-0.1, -0.05) is 26.8 Å². The van der Waals surface area contributed by atoms with Crippen molar-refractivity contribution in [3.8, 4) is 11.1 Å². The highest BCUT2D eigenvalue weighted by atomic mass is 28.3. The third kappa shape index (κ3) is 3.88. The number of benzene rings is 1. The Hall–Kier alpha value is -2.25. The summed E-state index contributed by atoms with van der Waals surface area (Å²) < 4.78 is 12.0. The summed E-state index contributed by atoms with van der Waals surface area (Å²) in [5, 5.41) is 9.39. The number of hydrogen-bond acceptors (Lipinski definition) is 5. The average molecular weight is 363 g/mol. The van der Waals surface area contributed by atoms with Gasteiger partial charge in [-0.15, -0.1) is 0 Å². The summed E-state index contributed by atoms with van der Waals surface area (Å²) in [6, 6.07) is 5.06. The van der Waals surface area contributed by atoms with Gasteiger partial charge in [0.25, 0.3) is 0 Å². The molecular weight excluding hydrogens is 336 g/mol. The lowest BCUT2D eigenvalue weighted by Crippen LogP contribution is -2.26. The molecule has 0 aliphatic heterocycles.